The lowest BCUT2D eigenvalue weighted by molar-refractivity contribution is 0.0909. The average Bonchev–Trinajstić information content (AvgIpc) is 2.60. The molecule has 0 bridgehead atoms. The summed E-state index contributed by atoms with van der Waals surface area (Å²) < 4.78 is 7.28. The second-order valence-corrected chi connectivity index (χ2v) is 5.66. The van der Waals surface area contributed by atoms with Gasteiger partial charge in [-0.1, -0.05) is 13.8 Å². The van der Waals surface area contributed by atoms with E-state index in [1.807, 2.05) is 12.3 Å². The topological polar surface area (TPSA) is 31.2 Å². The van der Waals surface area contributed by atoms with Gasteiger partial charge in [0.05, 0.1) is 0 Å². The lowest BCUT2D eigenvalue weighted by atomic mass is 9.76. The predicted octanol–water partition coefficient (Wildman–Crippen LogP) is 2.68. The van der Waals surface area contributed by atoms with Crippen molar-refractivity contribution in [3.8, 4) is 0 Å². The Balaban J connectivity index is 2.19. The van der Waals surface area contributed by atoms with Crippen molar-refractivity contribution in [2.24, 2.45) is 5.41 Å². The van der Waals surface area contributed by atoms with Crippen LogP contribution < -0.4 is 0 Å². The van der Waals surface area contributed by atoms with Crippen LogP contribution in [0.4, 0.5) is 0 Å². The fourth-order valence-corrected chi connectivity index (χ4v) is 2.59. The number of aromatic nitrogens is 1. The SMILES string of the molecule is COCCCn1ccc2c1CC(C)(C)CC2=O. The van der Waals surface area contributed by atoms with Gasteiger partial charge >= 0.3 is 0 Å². The number of methoxy groups -OCH3 is 1. The number of carbonyl (C=O) groups excluding carboxylic acids is 1. The molecule has 1 aliphatic rings. The van der Waals surface area contributed by atoms with Gasteiger partial charge in [0.25, 0.3) is 0 Å². The van der Waals surface area contributed by atoms with Crippen LogP contribution in [-0.4, -0.2) is 24.1 Å². The standard InChI is InChI=1S/C14H21NO2/c1-14(2)9-12-11(13(16)10-14)5-7-15(12)6-4-8-17-3/h5,7H,4,6,8-10H2,1-3H3. The molecule has 94 valence electrons. The quantitative estimate of drug-likeness (QED) is 0.751. The van der Waals surface area contributed by atoms with E-state index in [0.29, 0.717) is 12.2 Å². The molecule has 2 rings (SSSR count). The maximum Gasteiger partial charge on any atom is 0.165 e. The Morgan fingerprint density at radius 3 is 2.88 bits per heavy atom. The van der Waals surface area contributed by atoms with E-state index in [1.54, 1.807) is 7.11 Å². The lowest BCUT2D eigenvalue weighted by Crippen LogP contribution is -2.28. The van der Waals surface area contributed by atoms with Gasteiger partial charge in [-0.15, -0.1) is 0 Å². The van der Waals surface area contributed by atoms with Gasteiger partial charge in [-0.2, -0.15) is 0 Å². The van der Waals surface area contributed by atoms with Crippen LogP contribution in [0.3, 0.4) is 0 Å². The first kappa shape index (κ1) is 12.4. The van der Waals surface area contributed by atoms with Crippen molar-refractivity contribution in [1.82, 2.24) is 4.57 Å². The minimum Gasteiger partial charge on any atom is -0.385 e. The third-order valence-corrected chi connectivity index (χ3v) is 3.41. The molecule has 0 amide bonds. The number of rotatable bonds is 4. The second kappa shape index (κ2) is 4.65. The fraction of sp³-hybridized carbons (Fsp3) is 0.643. The van der Waals surface area contributed by atoms with Crippen LogP contribution in [0.1, 0.15) is 42.7 Å². The number of carbonyl (C=O) groups is 1. The zero-order valence-corrected chi connectivity index (χ0v) is 11.0. The molecule has 0 N–H and O–H groups in total. The molecule has 0 saturated carbocycles. The molecular weight excluding hydrogens is 214 g/mol. The number of hydrogen-bond acceptors (Lipinski definition) is 2. The summed E-state index contributed by atoms with van der Waals surface area (Å²) in [6.45, 7) is 6.04. The molecule has 1 aromatic heterocycles. The van der Waals surface area contributed by atoms with Crippen molar-refractivity contribution >= 4 is 5.78 Å². The van der Waals surface area contributed by atoms with Crippen LogP contribution >= 0.6 is 0 Å². The molecule has 0 aromatic carbocycles. The summed E-state index contributed by atoms with van der Waals surface area (Å²) in [4.78, 5) is 12.0. The Hall–Kier alpha value is -1.09. The number of ketones is 1. The van der Waals surface area contributed by atoms with Gasteiger partial charge in [0.2, 0.25) is 0 Å². The summed E-state index contributed by atoms with van der Waals surface area (Å²) in [7, 11) is 1.72. The first-order valence-electron chi connectivity index (χ1n) is 6.24. The third-order valence-electron chi connectivity index (χ3n) is 3.41. The number of Topliss-reactive ketones (excluding diaryl/α,β-unsaturated/α-hetero) is 1. The molecule has 0 spiro atoms. The Bertz CT molecular complexity index is 418. The fourth-order valence-electron chi connectivity index (χ4n) is 2.59. The number of ether oxygens (including phenoxy) is 1. The molecule has 1 aromatic rings. The molecule has 0 saturated heterocycles. The summed E-state index contributed by atoms with van der Waals surface area (Å²) in [5, 5.41) is 0. The van der Waals surface area contributed by atoms with Gasteiger partial charge in [-0.3, -0.25) is 4.79 Å². The molecule has 3 nitrogen and oxygen atoms in total. The Kier molecular flexibility index (Phi) is 3.38. The van der Waals surface area contributed by atoms with Crippen molar-refractivity contribution in [3.63, 3.8) is 0 Å². The number of fused-ring (bicyclic) bond motifs is 1. The van der Waals surface area contributed by atoms with E-state index in [2.05, 4.69) is 18.4 Å². The zero-order valence-electron chi connectivity index (χ0n) is 11.0. The minimum atomic E-state index is 0.0987. The highest BCUT2D eigenvalue weighted by atomic mass is 16.5. The largest absolute Gasteiger partial charge is 0.385 e. The summed E-state index contributed by atoms with van der Waals surface area (Å²) in [5.74, 6) is 0.293. The van der Waals surface area contributed by atoms with E-state index in [-0.39, 0.29) is 5.41 Å². The average molecular weight is 235 g/mol. The Morgan fingerprint density at radius 2 is 2.18 bits per heavy atom. The van der Waals surface area contributed by atoms with Crippen molar-refractivity contribution in [2.75, 3.05) is 13.7 Å². The van der Waals surface area contributed by atoms with E-state index in [0.717, 1.165) is 31.6 Å². The van der Waals surface area contributed by atoms with Crippen molar-refractivity contribution in [2.45, 2.75) is 39.7 Å². The summed E-state index contributed by atoms with van der Waals surface area (Å²) >= 11 is 0. The normalized spacial score (nSPS) is 18.2. The minimum absolute atomic E-state index is 0.0987. The van der Waals surface area contributed by atoms with Crippen molar-refractivity contribution < 1.29 is 9.53 Å². The first-order chi connectivity index (χ1) is 8.03. The second-order valence-electron chi connectivity index (χ2n) is 5.66. The first-order valence-corrected chi connectivity index (χ1v) is 6.24. The van der Waals surface area contributed by atoms with E-state index in [4.69, 9.17) is 4.74 Å². The summed E-state index contributed by atoms with van der Waals surface area (Å²) in [6.07, 6.45) is 4.70. The Labute approximate surface area is 103 Å². The molecule has 17 heavy (non-hydrogen) atoms. The summed E-state index contributed by atoms with van der Waals surface area (Å²) in [6, 6.07) is 1.97. The molecule has 0 unspecified atom stereocenters. The van der Waals surface area contributed by atoms with Gasteiger partial charge < -0.3 is 9.30 Å². The highest BCUT2D eigenvalue weighted by Gasteiger charge is 2.32. The van der Waals surface area contributed by atoms with Gasteiger partial charge in [0, 0.05) is 44.1 Å². The Morgan fingerprint density at radius 1 is 1.41 bits per heavy atom. The van der Waals surface area contributed by atoms with Crippen LogP contribution in [0.25, 0.3) is 0 Å². The zero-order chi connectivity index (χ0) is 12.5. The molecular formula is C14H21NO2. The van der Waals surface area contributed by atoms with Gasteiger partial charge in [-0.05, 0) is 24.3 Å². The van der Waals surface area contributed by atoms with Gasteiger partial charge in [0.15, 0.2) is 5.78 Å². The third kappa shape index (κ3) is 2.60. The molecule has 0 fully saturated rings. The lowest BCUT2D eigenvalue weighted by Gasteiger charge is -2.29. The van der Waals surface area contributed by atoms with E-state index >= 15 is 0 Å². The summed E-state index contributed by atoms with van der Waals surface area (Å²) in [5.41, 5.74) is 2.24. The van der Waals surface area contributed by atoms with E-state index in [9.17, 15) is 4.79 Å². The molecule has 3 heteroatoms. The smallest absolute Gasteiger partial charge is 0.165 e. The van der Waals surface area contributed by atoms with Gasteiger partial charge in [0.1, 0.15) is 0 Å². The van der Waals surface area contributed by atoms with E-state index < -0.39 is 0 Å². The van der Waals surface area contributed by atoms with Gasteiger partial charge in [-0.25, -0.2) is 0 Å². The molecule has 1 aliphatic carbocycles. The van der Waals surface area contributed by atoms with Crippen LogP contribution in [0, 0.1) is 5.41 Å². The van der Waals surface area contributed by atoms with Crippen LogP contribution in [0.5, 0.6) is 0 Å². The maximum atomic E-state index is 12.0. The predicted molar refractivity (Wildman–Crippen MR) is 67.4 cm³/mol. The van der Waals surface area contributed by atoms with Crippen LogP contribution in [-0.2, 0) is 17.7 Å². The number of nitrogens with zero attached hydrogens (tertiary/aromatic N) is 1. The number of hydrogen-bond donors (Lipinski definition) is 0. The molecule has 0 radical (unpaired) electrons. The molecule has 0 atom stereocenters. The highest BCUT2D eigenvalue weighted by molar-refractivity contribution is 5.98. The molecule has 1 heterocycles. The van der Waals surface area contributed by atoms with E-state index in [1.165, 1.54) is 5.69 Å². The monoisotopic (exact) mass is 235 g/mol. The van der Waals surface area contributed by atoms with Crippen LogP contribution in [0.15, 0.2) is 12.3 Å². The van der Waals surface area contributed by atoms with Crippen molar-refractivity contribution in [1.29, 1.82) is 0 Å². The highest BCUT2D eigenvalue weighted by Crippen LogP contribution is 2.35. The maximum absolute atomic E-state index is 12.0. The van der Waals surface area contributed by atoms with Crippen molar-refractivity contribution in [3.05, 3.63) is 23.5 Å². The molecule has 0 aliphatic heterocycles. The number of aryl methyl sites for hydroxylation is 1. The van der Waals surface area contributed by atoms with Crippen LogP contribution in [0.2, 0.25) is 0 Å².